The van der Waals surface area contributed by atoms with Crippen molar-refractivity contribution in [3.8, 4) is 0 Å². The summed E-state index contributed by atoms with van der Waals surface area (Å²) in [6, 6.07) is 0. The van der Waals surface area contributed by atoms with Crippen LogP contribution in [0.15, 0.2) is 11.1 Å². The third-order valence-electron chi connectivity index (χ3n) is 7.33. The first-order valence-electron chi connectivity index (χ1n) is 12.5. The molecule has 0 saturated heterocycles. The molecular formula is C25H47NO2. The Kier molecular flexibility index (Phi) is 11.8. The molecule has 0 spiro atoms. The van der Waals surface area contributed by atoms with Crippen LogP contribution in [0, 0.1) is 5.92 Å². The minimum atomic E-state index is -0.307. The van der Waals surface area contributed by atoms with Crippen molar-refractivity contribution < 1.29 is 10.2 Å². The molecule has 0 aromatic rings. The SMILES string of the molecule is CCCCCCCCCCCCCCCCNC1(CO)C(CO)=C2CCC1C2. The normalized spacial score (nSPS) is 23.9. The van der Waals surface area contributed by atoms with Crippen LogP contribution in [0.2, 0.25) is 0 Å². The van der Waals surface area contributed by atoms with Gasteiger partial charge in [-0.1, -0.05) is 96.0 Å². The molecular weight excluding hydrogens is 346 g/mol. The van der Waals surface area contributed by atoms with E-state index < -0.39 is 0 Å². The molecule has 2 bridgehead atoms. The van der Waals surface area contributed by atoms with E-state index in [1.54, 1.807) is 0 Å². The van der Waals surface area contributed by atoms with Gasteiger partial charge in [0.05, 0.1) is 18.8 Å². The van der Waals surface area contributed by atoms with Gasteiger partial charge in [0.1, 0.15) is 0 Å². The summed E-state index contributed by atoms with van der Waals surface area (Å²) in [7, 11) is 0. The van der Waals surface area contributed by atoms with Crippen LogP contribution in [0.4, 0.5) is 0 Å². The molecule has 28 heavy (non-hydrogen) atoms. The highest BCUT2D eigenvalue weighted by molar-refractivity contribution is 5.39. The largest absolute Gasteiger partial charge is 0.394 e. The number of hydrogen-bond acceptors (Lipinski definition) is 3. The van der Waals surface area contributed by atoms with Gasteiger partial charge in [-0.3, -0.25) is 0 Å². The Morgan fingerprint density at radius 3 is 1.86 bits per heavy atom. The van der Waals surface area contributed by atoms with Crippen molar-refractivity contribution in [1.82, 2.24) is 5.32 Å². The van der Waals surface area contributed by atoms with E-state index >= 15 is 0 Å². The Morgan fingerprint density at radius 2 is 1.36 bits per heavy atom. The molecule has 0 aliphatic heterocycles. The van der Waals surface area contributed by atoms with E-state index in [-0.39, 0.29) is 18.8 Å². The van der Waals surface area contributed by atoms with E-state index in [0.29, 0.717) is 5.92 Å². The van der Waals surface area contributed by atoms with Crippen molar-refractivity contribution in [2.45, 2.75) is 122 Å². The summed E-state index contributed by atoms with van der Waals surface area (Å²) in [6.45, 7) is 3.49. The number of aliphatic hydroxyl groups excluding tert-OH is 2. The zero-order chi connectivity index (χ0) is 20.1. The predicted octanol–water partition coefficient (Wildman–Crippen LogP) is 5.89. The molecule has 2 aliphatic carbocycles. The molecule has 2 rings (SSSR count). The zero-order valence-electron chi connectivity index (χ0n) is 18.6. The van der Waals surface area contributed by atoms with Crippen LogP contribution in [0.25, 0.3) is 0 Å². The predicted molar refractivity (Wildman–Crippen MR) is 120 cm³/mol. The first kappa shape index (κ1) is 23.9. The molecule has 2 aliphatic rings. The maximum absolute atomic E-state index is 10.0. The van der Waals surface area contributed by atoms with E-state index in [9.17, 15) is 10.2 Å². The van der Waals surface area contributed by atoms with Crippen LogP contribution >= 0.6 is 0 Å². The molecule has 164 valence electrons. The Bertz CT molecular complexity index is 448. The fourth-order valence-electron chi connectivity index (χ4n) is 5.52. The van der Waals surface area contributed by atoms with Gasteiger partial charge in [0.15, 0.2) is 0 Å². The van der Waals surface area contributed by atoms with Gasteiger partial charge in [-0.2, -0.15) is 0 Å². The second-order valence-electron chi connectivity index (χ2n) is 9.33. The Labute approximate surface area is 174 Å². The van der Waals surface area contributed by atoms with E-state index in [0.717, 1.165) is 25.0 Å². The maximum Gasteiger partial charge on any atom is 0.0685 e. The highest BCUT2D eigenvalue weighted by atomic mass is 16.3. The van der Waals surface area contributed by atoms with Gasteiger partial charge in [0.25, 0.3) is 0 Å². The molecule has 0 aromatic carbocycles. The summed E-state index contributed by atoms with van der Waals surface area (Å²) in [5, 5.41) is 23.5. The van der Waals surface area contributed by atoms with Crippen LogP contribution < -0.4 is 5.32 Å². The fraction of sp³-hybridized carbons (Fsp3) is 0.920. The molecule has 0 amide bonds. The van der Waals surface area contributed by atoms with E-state index in [1.807, 2.05) is 0 Å². The van der Waals surface area contributed by atoms with Gasteiger partial charge in [0, 0.05) is 0 Å². The van der Waals surface area contributed by atoms with Crippen LogP contribution in [-0.2, 0) is 0 Å². The molecule has 0 aromatic heterocycles. The topological polar surface area (TPSA) is 52.5 Å². The van der Waals surface area contributed by atoms with E-state index in [4.69, 9.17) is 0 Å². The van der Waals surface area contributed by atoms with Crippen LogP contribution in [0.1, 0.15) is 116 Å². The second kappa shape index (κ2) is 13.8. The Hall–Kier alpha value is -0.380. The molecule has 3 N–H and O–H groups in total. The number of rotatable bonds is 18. The van der Waals surface area contributed by atoms with Crippen LogP contribution in [-0.4, -0.2) is 35.5 Å². The average Bonchev–Trinajstić information content (AvgIpc) is 3.31. The monoisotopic (exact) mass is 393 g/mol. The smallest absolute Gasteiger partial charge is 0.0685 e. The summed E-state index contributed by atoms with van der Waals surface area (Å²) in [6.07, 6.45) is 22.7. The minimum absolute atomic E-state index is 0.109. The lowest BCUT2D eigenvalue weighted by atomic mass is 9.79. The van der Waals surface area contributed by atoms with Crippen LogP contribution in [0.3, 0.4) is 0 Å². The van der Waals surface area contributed by atoms with Gasteiger partial charge in [-0.15, -0.1) is 0 Å². The first-order valence-corrected chi connectivity index (χ1v) is 12.5. The lowest BCUT2D eigenvalue weighted by molar-refractivity contribution is 0.127. The van der Waals surface area contributed by atoms with E-state index in [2.05, 4.69) is 12.2 Å². The third-order valence-corrected chi connectivity index (χ3v) is 7.33. The van der Waals surface area contributed by atoms with E-state index in [1.165, 1.54) is 102 Å². The molecule has 0 heterocycles. The molecule has 3 heteroatoms. The fourth-order valence-corrected chi connectivity index (χ4v) is 5.52. The second-order valence-corrected chi connectivity index (χ2v) is 9.33. The Morgan fingerprint density at radius 1 is 0.821 bits per heavy atom. The number of hydrogen-bond donors (Lipinski definition) is 3. The number of unbranched alkanes of at least 4 members (excludes halogenated alkanes) is 13. The summed E-state index contributed by atoms with van der Waals surface area (Å²) in [5.74, 6) is 0.501. The van der Waals surface area contributed by atoms with Crippen molar-refractivity contribution in [3.63, 3.8) is 0 Å². The molecule has 2 unspecified atom stereocenters. The highest BCUT2D eigenvalue weighted by Gasteiger charge is 2.50. The first-order chi connectivity index (χ1) is 13.8. The van der Waals surface area contributed by atoms with Gasteiger partial charge < -0.3 is 15.5 Å². The Balaban J connectivity index is 1.42. The third kappa shape index (κ3) is 6.85. The summed E-state index contributed by atoms with van der Waals surface area (Å²) in [4.78, 5) is 0. The summed E-state index contributed by atoms with van der Waals surface area (Å²) < 4.78 is 0. The lowest BCUT2D eigenvalue weighted by Crippen LogP contribution is -2.55. The van der Waals surface area contributed by atoms with Gasteiger partial charge in [-0.25, -0.2) is 0 Å². The molecule has 1 saturated carbocycles. The van der Waals surface area contributed by atoms with Crippen molar-refractivity contribution in [3.05, 3.63) is 11.1 Å². The average molecular weight is 394 g/mol. The lowest BCUT2D eigenvalue weighted by Gasteiger charge is -2.39. The van der Waals surface area contributed by atoms with Crippen molar-refractivity contribution in [1.29, 1.82) is 0 Å². The van der Waals surface area contributed by atoms with Gasteiger partial charge >= 0.3 is 0 Å². The van der Waals surface area contributed by atoms with Gasteiger partial charge in [0.2, 0.25) is 0 Å². The summed E-state index contributed by atoms with van der Waals surface area (Å²) in [5.41, 5.74) is 2.21. The molecule has 2 atom stereocenters. The number of fused-ring (bicyclic) bond motifs is 2. The zero-order valence-corrected chi connectivity index (χ0v) is 18.6. The van der Waals surface area contributed by atoms with Gasteiger partial charge in [-0.05, 0) is 43.7 Å². The maximum atomic E-state index is 10.0. The van der Waals surface area contributed by atoms with Crippen molar-refractivity contribution in [2.75, 3.05) is 19.8 Å². The number of nitrogens with one attached hydrogen (secondary N) is 1. The van der Waals surface area contributed by atoms with Crippen LogP contribution in [0.5, 0.6) is 0 Å². The minimum Gasteiger partial charge on any atom is -0.394 e. The number of aliphatic hydroxyl groups is 2. The highest BCUT2D eigenvalue weighted by Crippen LogP contribution is 2.50. The molecule has 3 nitrogen and oxygen atoms in total. The van der Waals surface area contributed by atoms with Crippen molar-refractivity contribution in [2.24, 2.45) is 5.92 Å². The molecule has 0 radical (unpaired) electrons. The summed E-state index contributed by atoms with van der Waals surface area (Å²) >= 11 is 0. The molecule has 1 fully saturated rings. The van der Waals surface area contributed by atoms with Crippen molar-refractivity contribution >= 4 is 0 Å². The number of allylic oxidation sites excluding steroid dienone is 1. The standard InChI is InChI=1S/C25H47NO2/c1-2-3-4-5-6-7-8-9-10-11-12-13-14-15-18-26-25(21-28)23-17-16-22(19-23)24(25)20-27/h23,26-28H,2-21H2,1H3. The quantitative estimate of drug-likeness (QED) is 0.201.